The summed E-state index contributed by atoms with van der Waals surface area (Å²) in [6, 6.07) is 1.58. The van der Waals surface area contributed by atoms with Gasteiger partial charge in [-0.05, 0) is 32.3 Å². The Bertz CT molecular complexity index is 668. The van der Waals surface area contributed by atoms with Gasteiger partial charge in [-0.15, -0.1) is 11.3 Å². The monoisotopic (exact) mass is 305 g/mol. The largest absolute Gasteiger partial charge is 0.469 e. The fraction of sp³-hybridized carbons (Fsp3) is 0.357. The van der Waals surface area contributed by atoms with Gasteiger partial charge in [0.1, 0.15) is 5.76 Å². The Hall–Kier alpha value is -2.15. The van der Waals surface area contributed by atoms with Gasteiger partial charge in [0.2, 0.25) is 5.91 Å². The van der Waals surface area contributed by atoms with Crippen LogP contribution in [0.2, 0.25) is 0 Å². The molecule has 0 bridgehead atoms. The summed E-state index contributed by atoms with van der Waals surface area (Å²) in [4.78, 5) is 29.3. The molecular formula is C14H15N3O3S. The number of nitrogens with zero attached hydrogens (tertiary/aromatic N) is 1. The van der Waals surface area contributed by atoms with Crippen LogP contribution in [0.1, 0.15) is 33.1 Å². The number of hydrogen-bond acceptors (Lipinski definition) is 5. The summed E-state index contributed by atoms with van der Waals surface area (Å²) in [6.45, 7) is 1.61. The quantitative estimate of drug-likeness (QED) is 0.903. The summed E-state index contributed by atoms with van der Waals surface area (Å²) in [5.41, 5.74) is 1.53. The van der Waals surface area contributed by atoms with Crippen LogP contribution < -0.4 is 10.6 Å². The summed E-state index contributed by atoms with van der Waals surface area (Å²) in [6.07, 6.45) is 4.61. The van der Waals surface area contributed by atoms with E-state index in [-0.39, 0.29) is 18.4 Å². The number of carbonyl (C=O) groups is 2. The molecule has 0 saturated heterocycles. The minimum atomic E-state index is -0.321. The summed E-state index contributed by atoms with van der Waals surface area (Å²) in [5, 5.41) is 5.89. The van der Waals surface area contributed by atoms with Crippen LogP contribution in [0, 0.1) is 6.92 Å². The number of fused-ring (bicyclic) bond motifs is 1. The number of thiazole rings is 1. The summed E-state index contributed by atoms with van der Waals surface area (Å²) in [5.74, 6) is -0.0702. The zero-order valence-corrected chi connectivity index (χ0v) is 12.4. The number of carbonyl (C=O) groups excluding carboxylic acids is 2. The SMILES string of the molecule is Cc1occc1C(=O)NCC(=O)Nc1nc2c(s1)CCC2. The molecule has 7 heteroatoms. The molecule has 0 saturated carbocycles. The van der Waals surface area contributed by atoms with E-state index in [1.807, 2.05) is 0 Å². The van der Waals surface area contributed by atoms with Crippen LogP contribution in [0.25, 0.3) is 0 Å². The Morgan fingerprint density at radius 2 is 2.29 bits per heavy atom. The van der Waals surface area contributed by atoms with E-state index < -0.39 is 0 Å². The molecule has 2 heterocycles. The van der Waals surface area contributed by atoms with Gasteiger partial charge in [0.05, 0.1) is 24.1 Å². The van der Waals surface area contributed by atoms with Crippen molar-refractivity contribution in [3.63, 3.8) is 0 Å². The van der Waals surface area contributed by atoms with Gasteiger partial charge in [-0.3, -0.25) is 9.59 Å². The highest BCUT2D eigenvalue weighted by molar-refractivity contribution is 7.15. The fourth-order valence-electron chi connectivity index (χ4n) is 2.28. The number of amides is 2. The lowest BCUT2D eigenvalue weighted by Gasteiger charge is -2.04. The Morgan fingerprint density at radius 3 is 3.00 bits per heavy atom. The molecule has 0 atom stereocenters. The number of rotatable bonds is 4. The molecule has 110 valence electrons. The van der Waals surface area contributed by atoms with Crippen LogP contribution in [0.3, 0.4) is 0 Å². The van der Waals surface area contributed by atoms with Gasteiger partial charge in [0.25, 0.3) is 5.91 Å². The third-order valence-electron chi connectivity index (χ3n) is 3.35. The first-order valence-electron chi connectivity index (χ1n) is 6.74. The Labute approximate surface area is 125 Å². The van der Waals surface area contributed by atoms with Crippen molar-refractivity contribution in [1.29, 1.82) is 0 Å². The molecule has 1 aliphatic rings. The number of anilines is 1. The van der Waals surface area contributed by atoms with E-state index in [9.17, 15) is 9.59 Å². The highest BCUT2D eigenvalue weighted by Crippen LogP contribution is 2.30. The van der Waals surface area contributed by atoms with Crippen LogP contribution in [-0.4, -0.2) is 23.3 Å². The fourth-order valence-corrected chi connectivity index (χ4v) is 3.35. The highest BCUT2D eigenvalue weighted by Gasteiger charge is 2.18. The van der Waals surface area contributed by atoms with Crippen LogP contribution in [0.4, 0.5) is 5.13 Å². The molecule has 21 heavy (non-hydrogen) atoms. The second-order valence-corrected chi connectivity index (χ2v) is 5.95. The van der Waals surface area contributed by atoms with Crippen molar-refractivity contribution in [2.45, 2.75) is 26.2 Å². The van der Waals surface area contributed by atoms with E-state index in [4.69, 9.17) is 4.42 Å². The third kappa shape index (κ3) is 2.97. The smallest absolute Gasteiger partial charge is 0.255 e. The highest BCUT2D eigenvalue weighted by atomic mass is 32.1. The predicted molar refractivity (Wildman–Crippen MR) is 78.5 cm³/mol. The zero-order chi connectivity index (χ0) is 14.8. The molecule has 2 aromatic rings. The van der Waals surface area contributed by atoms with Gasteiger partial charge in [0.15, 0.2) is 5.13 Å². The molecule has 2 aromatic heterocycles. The number of furan rings is 1. The van der Waals surface area contributed by atoms with E-state index in [2.05, 4.69) is 15.6 Å². The number of aromatic nitrogens is 1. The van der Waals surface area contributed by atoms with Crippen LogP contribution in [0.15, 0.2) is 16.7 Å². The Morgan fingerprint density at radius 1 is 1.43 bits per heavy atom. The maximum atomic E-state index is 11.8. The molecule has 0 fully saturated rings. The number of nitrogens with one attached hydrogen (secondary N) is 2. The second-order valence-electron chi connectivity index (χ2n) is 4.86. The summed E-state index contributed by atoms with van der Waals surface area (Å²) in [7, 11) is 0. The van der Waals surface area contributed by atoms with Gasteiger partial charge in [0, 0.05) is 4.88 Å². The van der Waals surface area contributed by atoms with Crippen molar-refractivity contribution in [3.05, 3.63) is 34.2 Å². The van der Waals surface area contributed by atoms with E-state index in [1.165, 1.54) is 22.5 Å². The molecule has 0 aromatic carbocycles. The third-order valence-corrected chi connectivity index (χ3v) is 4.43. The molecule has 0 spiro atoms. The van der Waals surface area contributed by atoms with Crippen molar-refractivity contribution >= 4 is 28.3 Å². The average molecular weight is 305 g/mol. The summed E-state index contributed by atoms with van der Waals surface area (Å²) < 4.78 is 5.05. The van der Waals surface area contributed by atoms with Gasteiger partial charge in [-0.25, -0.2) is 4.98 Å². The van der Waals surface area contributed by atoms with E-state index in [0.29, 0.717) is 16.5 Å². The van der Waals surface area contributed by atoms with Gasteiger partial charge >= 0.3 is 0 Å². The number of hydrogen-bond donors (Lipinski definition) is 2. The average Bonchev–Trinajstić information content (AvgIpc) is 3.11. The second kappa shape index (κ2) is 5.69. The molecule has 0 aliphatic heterocycles. The molecule has 0 unspecified atom stereocenters. The molecular weight excluding hydrogens is 290 g/mol. The van der Waals surface area contributed by atoms with Crippen molar-refractivity contribution in [2.75, 3.05) is 11.9 Å². The van der Waals surface area contributed by atoms with E-state index in [1.54, 1.807) is 13.0 Å². The van der Waals surface area contributed by atoms with Crippen molar-refractivity contribution < 1.29 is 14.0 Å². The maximum absolute atomic E-state index is 11.8. The lowest BCUT2D eigenvalue weighted by molar-refractivity contribution is -0.115. The predicted octanol–water partition coefficient (Wildman–Crippen LogP) is 1.90. The lowest BCUT2D eigenvalue weighted by Crippen LogP contribution is -2.32. The molecule has 2 amide bonds. The Kier molecular flexibility index (Phi) is 3.74. The zero-order valence-electron chi connectivity index (χ0n) is 11.6. The van der Waals surface area contributed by atoms with Gasteiger partial charge < -0.3 is 15.1 Å². The van der Waals surface area contributed by atoms with E-state index >= 15 is 0 Å². The Balaban J connectivity index is 1.52. The first kappa shape index (κ1) is 13.8. The molecule has 2 N–H and O–H groups in total. The van der Waals surface area contributed by atoms with Crippen LogP contribution in [-0.2, 0) is 17.6 Å². The molecule has 1 aliphatic carbocycles. The molecule has 3 rings (SSSR count). The first-order chi connectivity index (χ1) is 10.1. The lowest BCUT2D eigenvalue weighted by atomic mass is 10.2. The first-order valence-corrected chi connectivity index (χ1v) is 7.56. The van der Waals surface area contributed by atoms with Gasteiger partial charge in [-0.2, -0.15) is 0 Å². The summed E-state index contributed by atoms with van der Waals surface area (Å²) >= 11 is 1.51. The standard InChI is InChI=1S/C14H15N3O3S/c1-8-9(5-6-20-8)13(19)15-7-12(18)17-14-16-10-3-2-4-11(10)21-14/h5-6H,2-4,7H2,1H3,(H,15,19)(H,16,17,18). The normalized spacial score (nSPS) is 13.0. The minimum Gasteiger partial charge on any atom is -0.469 e. The van der Waals surface area contributed by atoms with E-state index in [0.717, 1.165) is 25.0 Å². The van der Waals surface area contributed by atoms with Gasteiger partial charge in [-0.1, -0.05) is 0 Å². The topological polar surface area (TPSA) is 84.2 Å². The number of aryl methyl sites for hydroxylation is 3. The van der Waals surface area contributed by atoms with Crippen LogP contribution >= 0.6 is 11.3 Å². The van der Waals surface area contributed by atoms with Crippen molar-refractivity contribution in [1.82, 2.24) is 10.3 Å². The van der Waals surface area contributed by atoms with Crippen molar-refractivity contribution in [3.8, 4) is 0 Å². The molecule has 0 radical (unpaired) electrons. The maximum Gasteiger partial charge on any atom is 0.255 e. The van der Waals surface area contributed by atoms with Crippen molar-refractivity contribution in [2.24, 2.45) is 0 Å². The van der Waals surface area contributed by atoms with Crippen LogP contribution in [0.5, 0.6) is 0 Å². The molecule has 6 nitrogen and oxygen atoms in total. The minimum absolute atomic E-state index is 0.0896.